The second-order valence-corrected chi connectivity index (χ2v) is 9.96. The van der Waals surface area contributed by atoms with Crippen molar-refractivity contribution in [2.75, 3.05) is 13.2 Å². The van der Waals surface area contributed by atoms with Crippen LogP contribution < -0.4 is 0 Å². The molecule has 0 heterocycles. The smallest absolute Gasteiger partial charge is 0.333 e. The molecule has 168 valence electrons. The molecular weight excluding hydrogens is 360 g/mol. The van der Waals surface area contributed by atoms with Gasteiger partial charge in [0.15, 0.2) is 0 Å². The Kier molecular flexibility index (Phi) is 11.4. The van der Waals surface area contributed by atoms with Crippen LogP contribution in [0.4, 0.5) is 0 Å². The third-order valence-corrected chi connectivity index (χ3v) is 7.78. The molecule has 3 heteroatoms. The summed E-state index contributed by atoms with van der Waals surface area (Å²) >= 11 is 0. The van der Waals surface area contributed by atoms with Crippen molar-refractivity contribution in [2.24, 2.45) is 29.6 Å². The van der Waals surface area contributed by atoms with E-state index in [1.165, 1.54) is 83.5 Å². The maximum absolute atomic E-state index is 11.8. The SMILES string of the molecule is C=C(C)C(=O)OCC(CCO)C1CCC(C2CCCC(CCCCC)CC2)CC1. The van der Waals surface area contributed by atoms with Crippen molar-refractivity contribution >= 4 is 5.97 Å². The van der Waals surface area contributed by atoms with Gasteiger partial charge in [-0.05, 0) is 75.0 Å². The topological polar surface area (TPSA) is 46.5 Å². The van der Waals surface area contributed by atoms with Gasteiger partial charge in [-0.1, -0.05) is 64.9 Å². The van der Waals surface area contributed by atoms with Crippen LogP contribution in [0.25, 0.3) is 0 Å². The van der Waals surface area contributed by atoms with Crippen LogP contribution in [-0.4, -0.2) is 24.3 Å². The molecule has 3 unspecified atom stereocenters. The predicted octanol–water partition coefficient (Wildman–Crippen LogP) is 6.69. The van der Waals surface area contributed by atoms with E-state index in [1.54, 1.807) is 6.92 Å². The van der Waals surface area contributed by atoms with Gasteiger partial charge in [-0.3, -0.25) is 0 Å². The highest BCUT2D eigenvalue weighted by Gasteiger charge is 2.32. The standard InChI is InChI=1S/C26H46O3/c1-4-5-6-8-21-9-7-10-22(12-11-21)23-13-15-24(16-14-23)25(17-18-27)19-29-26(28)20(2)3/h21-25,27H,2,4-19H2,1,3H3. The number of unbranched alkanes of at least 4 members (excludes halogenated alkanes) is 2. The van der Waals surface area contributed by atoms with Crippen LogP contribution in [0.3, 0.4) is 0 Å². The Hall–Kier alpha value is -0.830. The second kappa shape index (κ2) is 13.5. The number of ether oxygens (including phenoxy) is 1. The molecule has 0 aliphatic heterocycles. The highest BCUT2D eigenvalue weighted by molar-refractivity contribution is 5.86. The van der Waals surface area contributed by atoms with Gasteiger partial charge >= 0.3 is 5.97 Å². The van der Waals surface area contributed by atoms with Crippen LogP contribution in [0.2, 0.25) is 0 Å². The van der Waals surface area contributed by atoms with E-state index in [2.05, 4.69) is 13.5 Å². The van der Waals surface area contributed by atoms with E-state index in [-0.39, 0.29) is 12.6 Å². The van der Waals surface area contributed by atoms with Crippen molar-refractivity contribution in [1.29, 1.82) is 0 Å². The summed E-state index contributed by atoms with van der Waals surface area (Å²) in [5.74, 6) is 3.40. The molecule has 0 radical (unpaired) electrons. The average Bonchev–Trinajstić information content (AvgIpc) is 2.97. The van der Waals surface area contributed by atoms with Gasteiger partial charge in [0.1, 0.15) is 0 Å². The van der Waals surface area contributed by atoms with Crippen LogP contribution in [-0.2, 0) is 9.53 Å². The molecule has 2 fully saturated rings. The van der Waals surface area contributed by atoms with Crippen molar-refractivity contribution in [1.82, 2.24) is 0 Å². The van der Waals surface area contributed by atoms with E-state index in [0.717, 1.165) is 24.2 Å². The minimum atomic E-state index is -0.298. The third kappa shape index (κ3) is 8.44. The lowest BCUT2D eigenvalue weighted by Gasteiger charge is -2.37. The lowest BCUT2D eigenvalue weighted by molar-refractivity contribution is -0.141. The normalized spacial score (nSPS) is 29.1. The predicted molar refractivity (Wildman–Crippen MR) is 121 cm³/mol. The first-order valence-electron chi connectivity index (χ1n) is 12.5. The fourth-order valence-corrected chi connectivity index (χ4v) is 5.86. The van der Waals surface area contributed by atoms with Crippen molar-refractivity contribution in [2.45, 2.75) is 104 Å². The summed E-state index contributed by atoms with van der Waals surface area (Å²) in [4.78, 5) is 11.8. The summed E-state index contributed by atoms with van der Waals surface area (Å²) < 4.78 is 5.43. The summed E-state index contributed by atoms with van der Waals surface area (Å²) in [7, 11) is 0. The second-order valence-electron chi connectivity index (χ2n) is 9.96. The monoisotopic (exact) mass is 406 g/mol. The molecule has 2 aliphatic carbocycles. The van der Waals surface area contributed by atoms with Gasteiger partial charge in [-0.15, -0.1) is 0 Å². The van der Waals surface area contributed by atoms with Crippen molar-refractivity contribution in [3.05, 3.63) is 12.2 Å². The molecule has 0 bridgehead atoms. The van der Waals surface area contributed by atoms with Gasteiger partial charge in [-0.25, -0.2) is 4.79 Å². The molecule has 29 heavy (non-hydrogen) atoms. The number of carbonyl (C=O) groups is 1. The first-order chi connectivity index (χ1) is 14.0. The quantitative estimate of drug-likeness (QED) is 0.180. The Labute approximate surface area is 179 Å². The summed E-state index contributed by atoms with van der Waals surface area (Å²) in [6.45, 7) is 8.27. The Morgan fingerprint density at radius 3 is 2.38 bits per heavy atom. The molecular formula is C26H46O3. The summed E-state index contributed by atoms with van der Waals surface area (Å²) in [5.41, 5.74) is 0.456. The van der Waals surface area contributed by atoms with Gasteiger partial charge in [0.25, 0.3) is 0 Å². The van der Waals surface area contributed by atoms with Gasteiger partial charge < -0.3 is 9.84 Å². The van der Waals surface area contributed by atoms with Crippen LogP contribution in [0.5, 0.6) is 0 Å². The maximum Gasteiger partial charge on any atom is 0.333 e. The first kappa shape index (κ1) is 24.4. The molecule has 1 N–H and O–H groups in total. The highest BCUT2D eigenvalue weighted by Crippen LogP contribution is 2.43. The largest absolute Gasteiger partial charge is 0.462 e. The Morgan fingerprint density at radius 2 is 1.72 bits per heavy atom. The van der Waals surface area contributed by atoms with E-state index in [4.69, 9.17) is 4.74 Å². The minimum absolute atomic E-state index is 0.178. The average molecular weight is 407 g/mol. The minimum Gasteiger partial charge on any atom is -0.462 e. The molecule has 0 aromatic rings. The van der Waals surface area contributed by atoms with Crippen LogP contribution in [0.1, 0.15) is 104 Å². The molecule has 2 saturated carbocycles. The zero-order chi connectivity index (χ0) is 21.1. The molecule has 0 amide bonds. The molecule has 3 nitrogen and oxygen atoms in total. The molecule has 0 saturated heterocycles. The molecule has 0 aromatic heterocycles. The third-order valence-electron chi connectivity index (χ3n) is 7.78. The van der Waals surface area contributed by atoms with Gasteiger partial charge in [0.2, 0.25) is 0 Å². The van der Waals surface area contributed by atoms with Crippen molar-refractivity contribution in [3.63, 3.8) is 0 Å². The van der Waals surface area contributed by atoms with Gasteiger partial charge in [0.05, 0.1) is 6.61 Å². The Morgan fingerprint density at radius 1 is 1.03 bits per heavy atom. The number of rotatable bonds is 11. The van der Waals surface area contributed by atoms with E-state index in [1.807, 2.05) is 0 Å². The van der Waals surface area contributed by atoms with Gasteiger partial charge in [0, 0.05) is 12.2 Å². The van der Waals surface area contributed by atoms with Crippen LogP contribution >= 0.6 is 0 Å². The zero-order valence-electron chi connectivity index (χ0n) is 19.2. The number of hydrogen-bond acceptors (Lipinski definition) is 3. The Bertz CT molecular complexity index is 478. The first-order valence-corrected chi connectivity index (χ1v) is 12.5. The number of esters is 1. The molecule has 3 atom stereocenters. The van der Waals surface area contributed by atoms with Crippen molar-refractivity contribution < 1.29 is 14.6 Å². The lowest BCUT2D eigenvalue weighted by atomic mass is 9.70. The molecule has 0 aromatic carbocycles. The van der Waals surface area contributed by atoms with E-state index in [9.17, 15) is 9.90 Å². The van der Waals surface area contributed by atoms with Crippen LogP contribution in [0, 0.1) is 29.6 Å². The molecule has 2 rings (SSSR count). The summed E-state index contributed by atoms with van der Waals surface area (Å²) in [5, 5.41) is 9.47. The summed E-state index contributed by atoms with van der Waals surface area (Å²) in [6, 6.07) is 0. The Balaban J connectivity index is 1.76. The highest BCUT2D eigenvalue weighted by atomic mass is 16.5. The van der Waals surface area contributed by atoms with Gasteiger partial charge in [-0.2, -0.15) is 0 Å². The van der Waals surface area contributed by atoms with E-state index in [0.29, 0.717) is 24.0 Å². The number of hydrogen-bond donors (Lipinski definition) is 1. The summed E-state index contributed by atoms with van der Waals surface area (Å²) in [6.07, 6.45) is 18.7. The fraction of sp³-hybridized carbons (Fsp3) is 0.885. The molecule has 0 spiro atoms. The lowest BCUT2D eigenvalue weighted by Crippen LogP contribution is -2.29. The number of aliphatic hydroxyl groups is 1. The maximum atomic E-state index is 11.8. The molecule has 2 aliphatic rings. The van der Waals surface area contributed by atoms with Crippen molar-refractivity contribution in [3.8, 4) is 0 Å². The van der Waals surface area contributed by atoms with Crippen LogP contribution in [0.15, 0.2) is 12.2 Å². The number of carbonyl (C=O) groups excluding carboxylic acids is 1. The zero-order valence-corrected chi connectivity index (χ0v) is 19.2. The number of aliphatic hydroxyl groups excluding tert-OH is 1. The van der Waals surface area contributed by atoms with E-state index < -0.39 is 0 Å². The van der Waals surface area contributed by atoms with E-state index >= 15 is 0 Å². The fourth-order valence-electron chi connectivity index (χ4n) is 5.86.